The molecule has 0 radical (unpaired) electrons. The predicted molar refractivity (Wildman–Crippen MR) is 132 cm³/mol. The van der Waals surface area contributed by atoms with Gasteiger partial charge in [0, 0.05) is 14.5 Å². The maximum absolute atomic E-state index is 13.3. The van der Waals surface area contributed by atoms with Crippen molar-refractivity contribution in [1.29, 1.82) is 0 Å². The van der Waals surface area contributed by atoms with Crippen LogP contribution < -0.4 is 9.73 Å². The topological polar surface area (TPSA) is 78.8 Å². The van der Waals surface area contributed by atoms with Gasteiger partial charge in [0.2, 0.25) is 0 Å². The largest absolute Gasteiger partial charge is 0.271 e. The summed E-state index contributed by atoms with van der Waals surface area (Å²) in [5.41, 5.74) is 4.18. The highest BCUT2D eigenvalue weighted by molar-refractivity contribution is 9.10. The summed E-state index contributed by atoms with van der Waals surface area (Å²) < 4.78 is 28.5. The first-order chi connectivity index (χ1) is 15.1. The minimum absolute atomic E-state index is 0.0327. The number of sulfonamides is 1. The van der Waals surface area contributed by atoms with Gasteiger partial charge in [0.1, 0.15) is 6.54 Å². The lowest BCUT2D eigenvalue weighted by atomic mass is 10.2. The summed E-state index contributed by atoms with van der Waals surface area (Å²) in [7, 11) is -4.08. The Labute approximate surface area is 205 Å². The zero-order valence-electron chi connectivity index (χ0n) is 16.8. The molecule has 0 bridgehead atoms. The lowest BCUT2D eigenvalue weighted by Crippen LogP contribution is -2.39. The number of aryl methyl sites for hydroxylation is 1. The number of carbonyl (C=O) groups is 1. The Hall–Kier alpha value is -2.39. The van der Waals surface area contributed by atoms with Crippen LogP contribution in [0.3, 0.4) is 0 Å². The van der Waals surface area contributed by atoms with Crippen LogP contribution in [-0.2, 0) is 14.8 Å². The minimum Gasteiger partial charge on any atom is -0.271 e. The molecule has 166 valence electrons. The third kappa shape index (κ3) is 6.32. The zero-order chi connectivity index (χ0) is 23.3. The molecule has 0 saturated carbocycles. The second-order valence-corrected chi connectivity index (χ2v) is 10.4. The predicted octanol–water partition coefficient (Wildman–Crippen LogP) is 5.41. The van der Waals surface area contributed by atoms with Gasteiger partial charge in [-0.15, -0.1) is 0 Å². The molecule has 0 aliphatic rings. The van der Waals surface area contributed by atoms with Gasteiger partial charge in [0.25, 0.3) is 15.9 Å². The van der Waals surface area contributed by atoms with Gasteiger partial charge < -0.3 is 0 Å². The summed E-state index contributed by atoms with van der Waals surface area (Å²) in [6, 6.07) is 17.9. The van der Waals surface area contributed by atoms with E-state index < -0.39 is 22.5 Å². The Morgan fingerprint density at radius 2 is 1.62 bits per heavy atom. The summed E-state index contributed by atoms with van der Waals surface area (Å²) in [6.07, 6.45) is 1.46. The molecule has 0 aliphatic carbocycles. The van der Waals surface area contributed by atoms with E-state index in [1.807, 2.05) is 31.2 Å². The van der Waals surface area contributed by atoms with E-state index in [2.05, 4.69) is 26.5 Å². The van der Waals surface area contributed by atoms with Crippen molar-refractivity contribution in [2.24, 2.45) is 5.10 Å². The van der Waals surface area contributed by atoms with Crippen LogP contribution in [0.25, 0.3) is 0 Å². The van der Waals surface area contributed by atoms with Crippen LogP contribution in [0.1, 0.15) is 11.1 Å². The maximum Gasteiger partial charge on any atom is 0.264 e. The first kappa shape index (κ1) is 24.3. The Morgan fingerprint density at radius 1 is 1.03 bits per heavy atom. The van der Waals surface area contributed by atoms with E-state index in [9.17, 15) is 13.2 Å². The van der Waals surface area contributed by atoms with Gasteiger partial charge in [0.05, 0.1) is 16.8 Å². The molecule has 3 rings (SSSR count). The van der Waals surface area contributed by atoms with E-state index in [0.29, 0.717) is 0 Å². The number of rotatable bonds is 7. The summed E-state index contributed by atoms with van der Waals surface area (Å²) in [4.78, 5) is 12.6. The molecule has 3 aromatic carbocycles. The Morgan fingerprint density at radius 3 is 2.22 bits per heavy atom. The normalized spacial score (nSPS) is 11.5. The first-order valence-electron chi connectivity index (χ1n) is 9.28. The van der Waals surface area contributed by atoms with Crippen molar-refractivity contribution >= 4 is 67.0 Å². The van der Waals surface area contributed by atoms with Gasteiger partial charge >= 0.3 is 0 Å². The summed E-state index contributed by atoms with van der Waals surface area (Å²) in [6.45, 7) is 1.33. The SMILES string of the molecule is Cc1ccc(S(=O)(=O)N(CC(=O)N/N=C\c2ccc(Br)cc2)c2cc(Cl)cc(Cl)c2)cc1. The molecule has 0 aliphatic heterocycles. The van der Waals surface area contributed by atoms with Crippen LogP contribution in [0.2, 0.25) is 10.0 Å². The van der Waals surface area contributed by atoms with E-state index in [1.165, 1.54) is 36.5 Å². The number of amides is 1. The number of hydrazone groups is 1. The molecule has 0 fully saturated rings. The van der Waals surface area contributed by atoms with Gasteiger partial charge in [-0.1, -0.05) is 69.0 Å². The zero-order valence-corrected chi connectivity index (χ0v) is 20.7. The maximum atomic E-state index is 13.3. The Bertz CT molecular complexity index is 1230. The molecule has 0 atom stereocenters. The number of carbonyl (C=O) groups excluding carboxylic acids is 1. The van der Waals surface area contributed by atoms with Crippen molar-refractivity contribution < 1.29 is 13.2 Å². The van der Waals surface area contributed by atoms with Crippen LogP contribution >= 0.6 is 39.1 Å². The highest BCUT2D eigenvalue weighted by Crippen LogP contribution is 2.29. The molecule has 0 unspecified atom stereocenters. The number of anilines is 1. The van der Waals surface area contributed by atoms with E-state index >= 15 is 0 Å². The fourth-order valence-corrected chi connectivity index (χ4v) is 4.91. The second kappa shape index (κ2) is 10.5. The Balaban J connectivity index is 1.87. The third-order valence-corrected chi connectivity index (χ3v) is 7.06. The van der Waals surface area contributed by atoms with Gasteiger partial charge in [-0.2, -0.15) is 5.10 Å². The lowest BCUT2D eigenvalue weighted by Gasteiger charge is -2.24. The van der Waals surface area contributed by atoms with E-state index in [-0.39, 0.29) is 20.6 Å². The Kier molecular flexibility index (Phi) is 7.95. The highest BCUT2D eigenvalue weighted by atomic mass is 79.9. The monoisotopic (exact) mass is 553 g/mol. The van der Waals surface area contributed by atoms with Crippen molar-refractivity contribution in [3.05, 3.63) is 92.4 Å². The molecular formula is C22H18BrCl2N3O3S. The average molecular weight is 555 g/mol. The average Bonchev–Trinajstić information content (AvgIpc) is 2.73. The number of benzene rings is 3. The molecule has 0 spiro atoms. The van der Waals surface area contributed by atoms with Crippen LogP contribution in [0.5, 0.6) is 0 Å². The number of hydrogen-bond donors (Lipinski definition) is 1. The molecule has 1 N–H and O–H groups in total. The fraction of sp³-hybridized carbons (Fsp3) is 0.0909. The standard InChI is InChI=1S/C22H18BrCl2N3O3S/c1-15-2-8-21(9-3-15)32(30,31)28(20-11-18(24)10-19(25)12-20)14-22(29)27-26-13-16-4-6-17(23)7-5-16/h2-13H,14H2,1H3,(H,27,29)/b26-13-. The van der Waals surface area contributed by atoms with E-state index in [1.54, 1.807) is 12.1 Å². The van der Waals surface area contributed by atoms with Gasteiger partial charge in [-0.05, 0) is 55.0 Å². The molecule has 32 heavy (non-hydrogen) atoms. The van der Waals surface area contributed by atoms with Crippen molar-refractivity contribution in [3.63, 3.8) is 0 Å². The van der Waals surface area contributed by atoms with Gasteiger partial charge in [-0.25, -0.2) is 13.8 Å². The molecule has 10 heteroatoms. The fourth-order valence-electron chi connectivity index (χ4n) is 2.73. The molecule has 0 aromatic heterocycles. The quantitative estimate of drug-likeness (QED) is 0.313. The first-order valence-corrected chi connectivity index (χ1v) is 12.3. The molecule has 6 nitrogen and oxygen atoms in total. The summed E-state index contributed by atoms with van der Waals surface area (Å²) in [5, 5.41) is 4.39. The molecular weight excluding hydrogens is 537 g/mol. The third-order valence-electron chi connectivity index (χ3n) is 4.30. The van der Waals surface area contributed by atoms with Crippen LogP contribution in [0.15, 0.2) is 81.2 Å². The number of halogens is 3. The second-order valence-electron chi connectivity index (χ2n) is 6.80. The number of hydrogen-bond acceptors (Lipinski definition) is 4. The highest BCUT2D eigenvalue weighted by Gasteiger charge is 2.27. The number of nitrogens with one attached hydrogen (secondary N) is 1. The van der Waals surface area contributed by atoms with Gasteiger partial charge in [-0.3, -0.25) is 9.10 Å². The molecule has 0 heterocycles. The summed E-state index contributed by atoms with van der Waals surface area (Å²) in [5.74, 6) is -0.634. The van der Waals surface area contributed by atoms with E-state index in [4.69, 9.17) is 23.2 Å². The molecule has 3 aromatic rings. The smallest absolute Gasteiger partial charge is 0.264 e. The van der Waals surface area contributed by atoms with Crippen molar-refractivity contribution in [3.8, 4) is 0 Å². The van der Waals surface area contributed by atoms with Crippen LogP contribution in [0, 0.1) is 6.92 Å². The van der Waals surface area contributed by atoms with Crippen molar-refractivity contribution in [2.45, 2.75) is 11.8 Å². The summed E-state index contributed by atoms with van der Waals surface area (Å²) >= 11 is 15.5. The molecule has 0 saturated heterocycles. The van der Waals surface area contributed by atoms with E-state index in [0.717, 1.165) is 19.9 Å². The van der Waals surface area contributed by atoms with Crippen LogP contribution in [0.4, 0.5) is 5.69 Å². The minimum atomic E-state index is -4.08. The van der Waals surface area contributed by atoms with Crippen molar-refractivity contribution in [1.82, 2.24) is 5.43 Å². The lowest BCUT2D eigenvalue weighted by molar-refractivity contribution is -0.119. The van der Waals surface area contributed by atoms with Crippen molar-refractivity contribution in [2.75, 3.05) is 10.8 Å². The number of nitrogens with zero attached hydrogens (tertiary/aromatic N) is 2. The van der Waals surface area contributed by atoms with Gasteiger partial charge in [0.15, 0.2) is 0 Å². The van der Waals surface area contributed by atoms with Crippen LogP contribution in [-0.4, -0.2) is 27.1 Å². The molecule has 1 amide bonds.